The van der Waals surface area contributed by atoms with Crippen LogP contribution < -0.4 is 10.1 Å². The van der Waals surface area contributed by atoms with E-state index in [1.807, 2.05) is 39.8 Å². The quantitative estimate of drug-likeness (QED) is 0.643. The summed E-state index contributed by atoms with van der Waals surface area (Å²) in [4.78, 5) is 24.3. The largest absolute Gasteiger partial charge is 0.485 e. The van der Waals surface area contributed by atoms with Crippen LogP contribution in [0, 0.1) is 12.8 Å². The molecule has 0 bridgehead atoms. The van der Waals surface area contributed by atoms with Crippen LogP contribution in [0.5, 0.6) is 5.75 Å². The number of esters is 1. The molecule has 1 N–H and O–H groups in total. The van der Waals surface area contributed by atoms with Gasteiger partial charge < -0.3 is 19.5 Å². The van der Waals surface area contributed by atoms with Crippen LogP contribution in [0.2, 0.25) is 5.02 Å². The highest BCUT2D eigenvalue weighted by Crippen LogP contribution is 2.28. The van der Waals surface area contributed by atoms with Crippen molar-refractivity contribution >= 4 is 23.7 Å². The van der Waals surface area contributed by atoms with Gasteiger partial charge in [-0.15, -0.1) is 0 Å². The number of ether oxygens (including phenoxy) is 3. The highest BCUT2D eigenvalue weighted by atomic mass is 35.5. The number of nitrogens with one attached hydrogen (secondary N) is 1. The Bertz CT molecular complexity index is 684. The molecule has 7 heteroatoms. The van der Waals surface area contributed by atoms with Gasteiger partial charge >= 0.3 is 12.1 Å². The molecule has 1 aromatic rings. The lowest BCUT2D eigenvalue weighted by molar-refractivity contribution is -0.158. The number of alkyl carbamates (subject to hydrolysis) is 1. The average molecular weight is 414 g/mol. The Labute approximate surface area is 172 Å². The van der Waals surface area contributed by atoms with Crippen LogP contribution in [-0.4, -0.2) is 35.9 Å². The van der Waals surface area contributed by atoms with Gasteiger partial charge in [0.1, 0.15) is 29.6 Å². The summed E-state index contributed by atoms with van der Waals surface area (Å²) in [5.41, 5.74) is 0.378. The predicted molar refractivity (Wildman–Crippen MR) is 110 cm³/mol. The van der Waals surface area contributed by atoms with Gasteiger partial charge in [0.25, 0.3) is 0 Å². The second-order valence-electron chi connectivity index (χ2n) is 8.27. The highest BCUT2D eigenvalue weighted by molar-refractivity contribution is 6.32. The van der Waals surface area contributed by atoms with Crippen LogP contribution in [0.25, 0.3) is 0 Å². The lowest BCUT2D eigenvalue weighted by atomic mass is 10.0. The van der Waals surface area contributed by atoms with E-state index in [9.17, 15) is 9.59 Å². The first-order valence-electron chi connectivity index (χ1n) is 9.43. The maximum atomic E-state index is 12.5. The molecular formula is C21H32ClNO5. The van der Waals surface area contributed by atoms with Gasteiger partial charge in [-0.2, -0.15) is 0 Å². The molecule has 0 saturated heterocycles. The lowest BCUT2D eigenvalue weighted by Crippen LogP contribution is -2.46. The molecule has 3 atom stereocenters. The number of aryl methyl sites for hydroxylation is 1. The average Bonchev–Trinajstić information content (AvgIpc) is 2.52. The standard InChI is InChI=1S/C21H32ClNO5/c1-12(2)18(15(5)26-17-10-9-13(3)11-16(17)22)27-19(24)14(4)23-20(25)28-21(6,7)8/h9-12,14-15,18H,1-8H3,(H,23,25)/t14-,15-,18+/m0/s1. The summed E-state index contributed by atoms with van der Waals surface area (Å²) in [6.07, 6.45) is -1.63. The summed E-state index contributed by atoms with van der Waals surface area (Å²) in [6, 6.07) is 4.65. The fraction of sp³-hybridized carbons (Fsp3) is 0.619. The molecule has 6 nitrogen and oxygen atoms in total. The summed E-state index contributed by atoms with van der Waals surface area (Å²) >= 11 is 6.23. The zero-order valence-corrected chi connectivity index (χ0v) is 18.7. The third-order valence-corrected chi connectivity index (χ3v) is 4.15. The van der Waals surface area contributed by atoms with E-state index in [-0.39, 0.29) is 5.92 Å². The summed E-state index contributed by atoms with van der Waals surface area (Å²) < 4.78 is 16.7. The van der Waals surface area contributed by atoms with Gasteiger partial charge in [-0.25, -0.2) is 9.59 Å². The van der Waals surface area contributed by atoms with E-state index in [0.29, 0.717) is 10.8 Å². The number of hydrogen-bond donors (Lipinski definition) is 1. The molecule has 1 amide bonds. The van der Waals surface area contributed by atoms with Gasteiger partial charge in [0.05, 0.1) is 5.02 Å². The number of halogens is 1. The van der Waals surface area contributed by atoms with Crippen molar-refractivity contribution in [2.45, 2.75) is 79.2 Å². The minimum absolute atomic E-state index is 0.00287. The summed E-state index contributed by atoms with van der Waals surface area (Å²) in [5.74, 6) is -0.0340. The van der Waals surface area contributed by atoms with Crippen molar-refractivity contribution in [3.63, 3.8) is 0 Å². The van der Waals surface area contributed by atoms with E-state index in [4.69, 9.17) is 25.8 Å². The Kier molecular flexibility index (Phi) is 8.61. The van der Waals surface area contributed by atoms with Crippen molar-refractivity contribution in [2.24, 2.45) is 5.92 Å². The van der Waals surface area contributed by atoms with Crippen LogP contribution in [0.4, 0.5) is 4.79 Å². The van der Waals surface area contributed by atoms with Gasteiger partial charge in [-0.05, 0) is 65.2 Å². The van der Waals surface area contributed by atoms with Gasteiger partial charge in [0.2, 0.25) is 0 Å². The van der Waals surface area contributed by atoms with Crippen LogP contribution in [0.15, 0.2) is 18.2 Å². The Morgan fingerprint density at radius 2 is 1.71 bits per heavy atom. The molecule has 0 heterocycles. The Balaban J connectivity index is 2.74. The topological polar surface area (TPSA) is 73.9 Å². The fourth-order valence-electron chi connectivity index (χ4n) is 2.52. The van der Waals surface area contributed by atoms with Crippen molar-refractivity contribution in [1.29, 1.82) is 0 Å². The zero-order chi connectivity index (χ0) is 21.6. The number of carbonyl (C=O) groups excluding carboxylic acids is 2. The van der Waals surface area contributed by atoms with Crippen LogP contribution >= 0.6 is 11.6 Å². The van der Waals surface area contributed by atoms with Crippen molar-refractivity contribution in [3.8, 4) is 5.75 Å². The Hall–Kier alpha value is -1.95. The predicted octanol–water partition coefficient (Wildman–Crippen LogP) is 4.90. The first kappa shape index (κ1) is 24.1. The van der Waals surface area contributed by atoms with Crippen molar-refractivity contribution in [1.82, 2.24) is 5.32 Å². The normalized spacial score (nSPS) is 14.8. The first-order valence-corrected chi connectivity index (χ1v) is 9.80. The van der Waals surface area contributed by atoms with Crippen molar-refractivity contribution < 1.29 is 23.8 Å². The molecule has 1 rings (SSSR count). The second kappa shape index (κ2) is 10.0. The first-order chi connectivity index (χ1) is 12.8. The van der Waals surface area contributed by atoms with E-state index in [1.54, 1.807) is 33.8 Å². The molecule has 0 radical (unpaired) electrons. The number of hydrogen-bond acceptors (Lipinski definition) is 5. The minimum Gasteiger partial charge on any atom is -0.485 e. The molecule has 0 spiro atoms. The number of rotatable bonds is 7. The molecule has 0 aliphatic rings. The monoisotopic (exact) mass is 413 g/mol. The molecule has 0 aromatic heterocycles. The third kappa shape index (κ3) is 7.97. The van der Waals surface area contributed by atoms with E-state index in [1.165, 1.54) is 0 Å². The van der Waals surface area contributed by atoms with Gasteiger partial charge in [-0.3, -0.25) is 0 Å². The Morgan fingerprint density at radius 1 is 1.11 bits per heavy atom. The molecular weight excluding hydrogens is 382 g/mol. The Morgan fingerprint density at radius 3 is 2.21 bits per heavy atom. The van der Waals surface area contributed by atoms with E-state index >= 15 is 0 Å². The van der Waals surface area contributed by atoms with Crippen molar-refractivity contribution in [2.75, 3.05) is 0 Å². The molecule has 1 aromatic carbocycles. The van der Waals surface area contributed by atoms with Crippen molar-refractivity contribution in [3.05, 3.63) is 28.8 Å². The SMILES string of the molecule is Cc1ccc(O[C@@H](C)[C@H](OC(=O)[C@H](C)NC(=O)OC(C)(C)C)C(C)C)c(Cl)c1. The van der Waals surface area contributed by atoms with E-state index in [2.05, 4.69) is 5.32 Å². The smallest absolute Gasteiger partial charge is 0.408 e. The van der Waals surface area contributed by atoms with Gasteiger partial charge in [0.15, 0.2) is 0 Å². The maximum Gasteiger partial charge on any atom is 0.408 e. The van der Waals surface area contributed by atoms with E-state index < -0.39 is 35.9 Å². The zero-order valence-electron chi connectivity index (χ0n) is 18.0. The summed E-state index contributed by atoms with van der Waals surface area (Å²) in [7, 11) is 0. The van der Waals surface area contributed by atoms with Gasteiger partial charge in [-0.1, -0.05) is 31.5 Å². The number of amides is 1. The summed E-state index contributed by atoms with van der Waals surface area (Å²) in [5, 5.41) is 2.99. The molecule has 158 valence electrons. The molecule has 0 unspecified atom stereocenters. The van der Waals surface area contributed by atoms with E-state index in [0.717, 1.165) is 5.56 Å². The third-order valence-electron chi connectivity index (χ3n) is 3.86. The highest BCUT2D eigenvalue weighted by Gasteiger charge is 2.30. The number of benzene rings is 1. The molecule has 0 aliphatic heterocycles. The molecule has 0 aliphatic carbocycles. The van der Waals surface area contributed by atoms with Crippen LogP contribution in [0.1, 0.15) is 54.0 Å². The maximum absolute atomic E-state index is 12.5. The molecule has 0 saturated carbocycles. The van der Waals surface area contributed by atoms with Crippen LogP contribution in [-0.2, 0) is 14.3 Å². The fourth-order valence-corrected chi connectivity index (χ4v) is 2.80. The molecule has 28 heavy (non-hydrogen) atoms. The second-order valence-corrected chi connectivity index (χ2v) is 8.68. The van der Waals surface area contributed by atoms with Gasteiger partial charge in [0, 0.05) is 0 Å². The lowest BCUT2D eigenvalue weighted by Gasteiger charge is -2.29. The minimum atomic E-state index is -0.855. The number of carbonyl (C=O) groups is 2. The molecule has 0 fully saturated rings. The summed E-state index contributed by atoms with van der Waals surface area (Å²) in [6.45, 7) is 14.4. The van der Waals surface area contributed by atoms with Crippen LogP contribution in [0.3, 0.4) is 0 Å².